The number of rotatable bonds is 8. The fourth-order valence-corrected chi connectivity index (χ4v) is 5.13. The SMILES string of the molecule is CNc1cc([C@@H](Cc2c[nH]c3ccccc23)NS(=O)(=O)c2ccccc2)nc(C2CC2)n1. The summed E-state index contributed by atoms with van der Waals surface area (Å²) in [6.07, 6.45) is 4.53. The minimum Gasteiger partial charge on any atom is -0.373 e. The molecule has 0 spiro atoms. The second-order valence-electron chi connectivity index (χ2n) is 8.11. The Labute approximate surface area is 187 Å². The standard InChI is InChI=1S/C24H25N5O2S/c1-25-23-14-21(27-24(28-23)16-11-12-16)22(29-32(30,31)18-7-3-2-4-8-18)13-17-15-26-20-10-6-5-9-19(17)20/h2-10,14-16,22,26,29H,11-13H2,1H3,(H,25,27,28)/t22-/m1/s1. The van der Waals surface area contributed by atoms with Gasteiger partial charge in [-0.15, -0.1) is 0 Å². The van der Waals surface area contributed by atoms with Gasteiger partial charge in [0.15, 0.2) is 0 Å². The van der Waals surface area contributed by atoms with Crippen LogP contribution in [0.5, 0.6) is 0 Å². The lowest BCUT2D eigenvalue weighted by atomic mass is 10.0. The van der Waals surface area contributed by atoms with Gasteiger partial charge in [0.2, 0.25) is 10.0 Å². The summed E-state index contributed by atoms with van der Waals surface area (Å²) in [6, 6.07) is 17.7. The van der Waals surface area contributed by atoms with E-state index in [9.17, 15) is 8.42 Å². The van der Waals surface area contributed by atoms with Crippen molar-refractivity contribution in [1.82, 2.24) is 19.7 Å². The van der Waals surface area contributed by atoms with E-state index in [4.69, 9.17) is 4.98 Å². The molecule has 0 unspecified atom stereocenters. The van der Waals surface area contributed by atoms with Crippen LogP contribution in [0.4, 0.5) is 5.82 Å². The summed E-state index contributed by atoms with van der Waals surface area (Å²) in [7, 11) is -1.93. The Bertz CT molecular complexity index is 1350. The van der Waals surface area contributed by atoms with Gasteiger partial charge in [0.05, 0.1) is 16.6 Å². The highest BCUT2D eigenvalue weighted by molar-refractivity contribution is 7.89. The highest BCUT2D eigenvalue weighted by atomic mass is 32.2. The largest absolute Gasteiger partial charge is 0.373 e. The number of aromatic nitrogens is 3. The molecule has 1 saturated carbocycles. The Morgan fingerprint density at radius 2 is 1.81 bits per heavy atom. The number of nitrogens with zero attached hydrogens (tertiary/aromatic N) is 2. The number of hydrogen-bond acceptors (Lipinski definition) is 5. The first-order valence-corrected chi connectivity index (χ1v) is 12.2. The fourth-order valence-electron chi connectivity index (χ4n) is 3.90. The zero-order chi connectivity index (χ0) is 22.1. The van der Waals surface area contributed by atoms with Crippen molar-refractivity contribution in [2.24, 2.45) is 0 Å². The zero-order valence-electron chi connectivity index (χ0n) is 17.7. The van der Waals surface area contributed by atoms with E-state index in [2.05, 4.69) is 20.0 Å². The summed E-state index contributed by atoms with van der Waals surface area (Å²) in [5, 5.41) is 4.16. The average molecular weight is 448 g/mol. The van der Waals surface area contributed by atoms with Gasteiger partial charge in [0.1, 0.15) is 11.6 Å². The summed E-state index contributed by atoms with van der Waals surface area (Å²) >= 11 is 0. The fraction of sp³-hybridized carbons (Fsp3) is 0.250. The van der Waals surface area contributed by atoms with Crippen LogP contribution in [0.2, 0.25) is 0 Å². The first kappa shape index (κ1) is 20.7. The van der Waals surface area contributed by atoms with Gasteiger partial charge in [0, 0.05) is 36.1 Å². The van der Waals surface area contributed by atoms with Crippen LogP contribution in [0.15, 0.2) is 71.8 Å². The van der Waals surface area contributed by atoms with Crippen LogP contribution >= 0.6 is 0 Å². The predicted molar refractivity (Wildman–Crippen MR) is 125 cm³/mol. The smallest absolute Gasteiger partial charge is 0.241 e. The van der Waals surface area contributed by atoms with E-state index in [-0.39, 0.29) is 4.90 Å². The molecule has 8 heteroatoms. The number of hydrogen-bond donors (Lipinski definition) is 3. The van der Waals surface area contributed by atoms with E-state index in [0.717, 1.165) is 35.1 Å². The third-order valence-electron chi connectivity index (χ3n) is 5.77. The molecule has 1 aliphatic rings. The zero-order valence-corrected chi connectivity index (χ0v) is 18.6. The summed E-state index contributed by atoms with van der Waals surface area (Å²) in [6.45, 7) is 0. The number of aromatic amines is 1. The number of anilines is 1. The number of para-hydroxylation sites is 1. The second kappa shape index (κ2) is 8.37. The highest BCUT2D eigenvalue weighted by Gasteiger charge is 2.30. The van der Waals surface area contributed by atoms with Crippen LogP contribution in [0.1, 0.15) is 41.9 Å². The minimum absolute atomic E-state index is 0.231. The maximum absolute atomic E-state index is 13.2. The number of benzene rings is 2. The van der Waals surface area contributed by atoms with Gasteiger partial charge in [-0.3, -0.25) is 0 Å². The van der Waals surface area contributed by atoms with Crippen molar-refractivity contribution in [2.75, 3.05) is 12.4 Å². The van der Waals surface area contributed by atoms with Gasteiger partial charge in [-0.25, -0.2) is 23.1 Å². The normalized spacial score (nSPS) is 15.0. The molecule has 7 nitrogen and oxygen atoms in total. The van der Waals surface area contributed by atoms with E-state index < -0.39 is 16.1 Å². The third-order valence-corrected chi connectivity index (χ3v) is 7.26. The quantitative estimate of drug-likeness (QED) is 0.377. The first-order chi connectivity index (χ1) is 15.5. The van der Waals surface area contributed by atoms with Crippen LogP contribution in [0.25, 0.3) is 10.9 Å². The lowest BCUT2D eigenvalue weighted by Gasteiger charge is -2.20. The molecule has 1 aliphatic carbocycles. The molecule has 4 aromatic rings. The van der Waals surface area contributed by atoms with Crippen LogP contribution < -0.4 is 10.0 Å². The van der Waals surface area contributed by atoms with Gasteiger partial charge < -0.3 is 10.3 Å². The van der Waals surface area contributed by atoms with Crippen molar-refractivity contribution in [3.8, 4) is 0 Å². The molecule has 0 radical (unpaired) electrons. The molecule has 2 aromatic carbocycles. The minimum atomic E-state index is -3.74. The summed E-state index contributed by atoms with van der Waals surface area (Å²) in [4.78, 5) is 12.9. The second-order valence-corrected chi connectivity index (χ2v) is 9.83. The molecule has 2 heterocycles. The number of nitrogens with one attached hydrogen (secondary N) is 3. The molecule has 5 rings (SSSR count). The molecule has 32 heavy (non-hydrogen) atoms. The molecular weight excluding hydrogens is 422 g/mol. The molecule has 3 N–H and O–H groups in total. The van der Waals surface area contributed by atoms with Gasteiger partial charge in [-0.2, -0.15) is 0 Å². The Kier molecular flexibility index (Phi) is 5.40. The highest BCUT2D eigenvalue weighted by Crippen LogP contribution is 2.39. The molecule has 0 bridgehead atoms. The molecule has 164 valence electrons. The van der Waals surface area contributed by atoms with E-state index in [1.165, 1.54) is 0 Å². The van der Waals surface area contributed by atoms with Crippen molar-refractivity contribution in [2.45, 2.75) is 36.1 Å². The van der Waals surface area contributed by atoms with Gasteiger partial charge in [0.25, 0.3) is 0 Å². The molecule has 0 amide bonds. The Morgan fingerprint density at radius 1 is 1.06 bits per heavy atom. The first-order valence-electron chi connectivity index (χ1n) is 10.7. The van der Waals surface area contributed by atoms with Crippen LogP contribution in [0.3, 0.4) is 0 Å². The molecule has 0 saturated heterocycles. The molecular formula is C24H25N5O2S. The van der Waals surface area contributed by atoms with Crippen LogP contribution in [-0.2, 0) is 16.4 Å². The molecule has 1 fully saturated rings. The summed E-state index contributed by atoms with van der Waals surface area (Å²) in [5.41, 5.74) is 2.71. The predicted octanol–water partition coefficient (Wildman–Crippen LogP) is 4.14. The van der Waals surface area contributed by atoms with E-state index >= 15 is 0 Å². The maximum Gasteiger partial charge on any atom is 0.241 e. The van der Waals surface area contributed by atoms with Crippen molar-refractivity contribution < 1.29 is 8.42 Å². The molecule has 1 atom stereocenters. The van der Waals surface area contributed by atoms with Crippen LogP contribution in [-0.4, -0.2) is 30.4 Å². The maximum atomic E-state index is 13.2. The van der Waals surface area contributed by atoms with Gasteiger partial charge >= 0.3 is 0 Å². The Balaban J connectivity index is 1.56. The topological polar surface area (TPSA) is 99.8 Å². The van der Waals surface area contributed by atoms with Crippen molar-refractivity contribution >= 4 is 26.7 Å². The monoisotopic (exact) mass is 447 g/mol. The third kappa shape index (κ3) is 4.24. The van der Waals surface area contributed by atoms with Gasteiger partial charge in [-0.1, -0.05) is 36.4 Å². The average Bonchev–Trinajstić information content (AvgIpc) is 3.60. The van der Waals surface area contributed by atoms with Crippen molar-refractivity contribution in [3.05, 3.63) is 83.9 Å². The van der Waals surface area contributed by atoms with Gasteiger partial charge in [-0.05, 0) is 43.0 Å². The Hall–Kier alpha value is -3.23. The lowest BCUT2D eigenvalue weighted by molar-refractivity contribution is 0.549. The van der Waals surface area contributed by atoms with E-state index in [1.807, 2.05) is 43.6 Å². The lowest BCUT2D eigenvalue weighted by Crippen LogP contribution is -2.31. The number of fused-ring (bicyclic) bond motifs is 1. The molecule has 0 aliphatic heterocycles. The van der Waals surface area contributed by atoms with Crippen molar-refractivity contribution in [3.63, 3.8) is 0 Å². The van der Waals surface area contributed by atoms with E-state index in [0.29, 0.717) is 23.9 Å². The number of sulfonamides is 1. The Morgan fingerprint density at radius 3 is 2.56 bits per heavy atom. The summed E-state index contributed by atoms with van der Waals surface area (Å²) < 4.78 is 29.3. The van der Waals surface area contributed by atoms with Crippen molar-refractivity contribution in [1.29, 1.82) is 0 Å². The summed E-state index contributed by atoms with van der Waals surface area (Å²) in [5.74, 6) is 1.82. The van der Waals surface area contributed by atoms with Crippen LogP contribution in [0, 0.1) is 0 Å². The molecule has 2 aromatic heterocycles. The van der Waals surface area contributed by atoms with E-state index in [1.54, 1.807) is 30.3 Å². The number of H-pyrrole nitrogens is 1.